The van der Waals surface area contributed by atoms with Crippen LogP contribution >= 0.6 is 24.4 Å². The van der Waals surface area contributed by atoms with E-state index in [1.807, 2.05) is 0 Å². The van der Waals surface area contributed by atoms with E-state index in [0.717, 1.165) is 0 Å². The second-order valence-electron chi connectivity index (χ2n) is 3.46. The van der Waals surface area contributed by atoms with Gasteiger partial charge in [0.05, 0.1) is 5.92 Å². The van der Waals surface area contributed by atoms with Crippen molar-refractivity contribution in [1.82, 2.24) is 20.4 Å². The van der Waals surface area contributed by atoms with Crippen LogP contribution in [0.1, 0.15) is 11.8 Å². The molecule has 96 valence electrons. The van der Waals surface area contributed by atoms with Crippen molar-refractivity contribution in [1.29, 1.82) is 0 Å². The highest BCUT2D eigenvalue weighted by Gasteiger charge is 2.23. The molecule has 0 atom stereocenters. The summed E-state index contributed by atoms with van der Waals surface area (Å²) in [6, 6.07) is 0. The number of carbonyl (C=O) groups is 1. The summed E-state index contributed by atoms with van der Waals surface area (Å²) in [4.78, 5) is 11.3. The molecule has 0 spiro atoms. The molecule has 0 aliphatic carbocycles. The van der Waals surface area contributed by atoms with Crippen LogP contribution < -0.4 is 0 Å². The summed E-state index contributed by atoms with van der Waals surface area (Å²) in [6.45, 7) is 0. The van der Waals surface area contributed by atoms with Gasteiger partial charge in [-0.15, -0.1) is 10.2 Å². The lowest BCUT2D eigenvalue weighted by Gasteiger charge is -2.06. The van der Waals surface area contributed by atoms with E-state index in [2.05, 4.69) is 20.4 Å². The van der Waals surface area contributed by atoms with Crippen molar-refractivity contribution in [2.45, 2.75) is 12.8 Å². The van der Waals surface area contributed by atoms with Gasteiger partial charge in [-0.25, -0.2) is 10.2 Å². The van der Waals surface area contributed by atoms with Gasteiger partial charge in [-0.05, 0) is 24.4 Å². The van der Waals surface area contributed by atoms with E-state index in [9.17, 15) is 4.79 Å². The van der Waals surface area contributed by atoms with E-state index in [1.165, 1.54) is 0 Å². The number of aromatic amines is 2. The molecule has 0 amide bonds. The summed E-state index contributed by atoms with van der Waals surface area (Å²) >= 11 is 9.41. The Morgan fingerprint density at radius 2 is 1.61 bits per heavy atom. The molecule has 3 N–H and O–H groups in total. The van der Waals surface area contributed by atoms with Gasteiger partial charge in [-0.1, -0.05) is 0 Å². The highest BCUT2D eigenvalue weighted by Crippen LogP contribution is 2.13. The number of hydrogen-bond acceptors (Lipinski definition) is 7. The minimum atomic E-state index is -1.01. The second kappa shape index (κ2) is 5.23. The van der Waals surface area contributed by atoms with Gasteiger partial charge in [-0.2, -0.15) is 0 Å². The first kappa shape index (κ1) is 12.6. The van der Waals surface area contributed by atoms with Crippen molar-refractivity contribution >= 4 is 30.4 Å². The molecule has 8 nitrogen and oxygen atoms in total. The molecule has 0 fully saturated rings. The lowest BCUT2D eigenvalue weighted by molar-refractivity contribution is -0.142. The number of carboxylic acid groups (broad SMARTS) is 1. The van der Waals surface area contributed by atoms with Gasteiger partial charge in [-0.3, -0.25) is 4.79 Å². The van der Waals surface area contributed by atoms with Crippen LogP contribution in [-0.2, 0) is 17.6 Å². The van der Waals surface area contributed by atoms with E-state index in [4.69, 9.17) is 38.4 Å². The Morgan fingerprint density at radius 3 is 1.89 bits per heavy atom. The maximum absolute atomic E-state index is 11.1. The largest absolute Gasteiger partial charge is 0.481 e. The summed E-state index contributed by atoms with van der Waals surface area (Å²) in [5.41, 5.74) is 0. The van der Waals surface area contributed by atoms with E-state index >= 15 is 0 Å². The molecular weight excluding hydrogens is 280 g/mol. The van der Waals surface area contributed by atoms with Crippen LogP contribution in [-0.4, -0.2) is 31.5 Å². The van der Waals surface area contributed by atoms with E-state index in [0.29, 0.717) is 0 Å². The van der Waals surface area contributed by atoms with Gasteiger partial charge in [0.2, 0.25) is 11.8 Å². The summed E-state index contributed by atoms with van der Waals surface area (Å²) < 4.78 is 10.0. The lowest BCUT2D eigenvalue weighted by Crippen LogP contribution is -2.19. The normalized spacial score (nSPS) is 10.9. The monoisotopic (exact) mass is 288 g/mol. The lowest BCUT2D eigenvalue weighted by atomic mass is 10.0. The van der Waals surface area contributed by atoms with Gasteiger partial charge in [0.15, 0.2) is 0 Å². The van der Waals surface area contributed by atoms with Crippen LogP contribution in [0.15, 0.2) is 8.83 Å². The van der Waals surface area contributed by atoms with Crippen LogP contribution in [0.2, 0.25) is 0 Å². The van der Waals surface area contributed by atoms with Crippen molar-refractivity contribution in [2.75, 3.05) is 0 Å². The number of nitrogens with zero attached hydrogens (tertiary/aromatic N) is 2. The Kier molecular flexibility index (Phi) is 3.67. The van der Waals surface area contributed by atoms with E-state index in [-0.39, 0.29) is 34.3 Å². The molecule has 2 aromatic rings. The number of aromatic nitrogens is 4. The van der Waals surface area contributed by atoms with Gasteiger partial charge in [0.25, 0.3) is 9.67 Å². The van der Waals surface area contributed by atoms with E-state index in [1.54, 1.807) is 0 Å². The molecule has 0 radical (unpaired) electrons. The minimum absolute atomic E-state index is 0.0810. The summed E-state index contributed by atoms with van der Waals surface area (Å²) in [5, 5.41) is 21.4. The molecule has 18 heavy (non-hydrogen) atoms. The third-order valence-electron chi connectivity index (χ3n) is 2.16. The zero-order chi connectivity index (χ0) is 13.1. The first-order valence-electron chi connectivity index (χ1n) is 4.86. The molecule has 0 bridgehead atoms. The number of hydrogen-bond donors (Lipinski definition) is 3. The minimum Gasteiger partial charge on any atom is -0.481 e. The SMILES string of the molecule is O=C(O)C(Cc1n[nH]c(=S)o1)Cc1n[nH]c(=S)o1. The highest BCUT2D eigenvalue weighted by atomic mass is 32.1. The first-order valence-corrected chi connectivity index (χ1v) is 5.68. The molecule has 10 heteroatoms. The Labute approximate surface area is 110 Å². The Morgan fingerprint density at radius 1 is 1.17 bits per heavy atom. The molecule has 0 aliphatic rings. The predicted molar refractivity (Wildman–Crippen MR) is 61.9 cm³/mol. The van der Waals surface area contributed by atoms with Gasteiger partial charge < -0.3 is 13.9 Å². The van der Waals surface area contributed by atoms with Crippen LogP contribution in [0.5, 0.6) is 0 Å². The average Bonchev–Trinajstić information content (AvgIpc) is 2.87. The van der Waals surface area contributed by atoms with Crippen molar-refractivity contribution in [3.05, 3.63) is 21.5 Å². The van der Waals surface area contributed by atoms with Gasteiger partial charge >= 0.3 is 5.97 Å². The standard InChI is InChI=1S/C8H8N4O4S2/c13-6(14)3(1-4-9-11-7(17)15-4)2-5-10-12-8(18)16-5/h3H,1-2H2,(H,11,17)(H,12,18)(H,13,14). The number of nitrogens with one attached hydrogen (secondary N) is 2. The third-order valence-corrected chi connectivity index (χ3v) is 2.51. The molecule has 0 saturated carbocycles. The van der Waals surface area contributed by atoms with Crippen molar-refractivity contribution in [3.8, 4) is 0 Å². The zero-order valence-corrected chi connectivity index (χ0v) is 10.5. The smallest absolute Gasteiger partial charge is 0.307 e. The molecular formula is C8H8N4O4S2. The molecule has 0 aliphatic heterocycles. The quantitative estimate of drug-likeness (QED) is 0.703. The van der Waals surface area contributed by atoms with Gasteiger partial charge in [0, 0.05) is 12.8 Å². The summed E-state index contributed by atoms with van der Waals surface area (Å²) in [6.07, 6.45) is 0.162. The maximum Gasteiger partial charge on any atom is 0.307 e. The average molecular weight is 288 g/mol. The fraction of sp³-hybridized carbons (Fsp3) is 0.375. The molecule has 0 unspecified atom stereocenters. The van der Waals surface area contributed by atoms with Crippen LogP contribution in [0.25, 0.3) is 0 Å². The predicted octanol–water partition coefficient (Wildman–Crippen LogP) is 1.26. The summed E-state index contributed by atoms with van der Waals surface area (Å²) in [5.74, 6) is -1.35. The number of carboxylic acids is 1. The number of aliphatic carboxylic acids is 1. The van der Waals surface area contributed by atoms with Crippen LogP contribution in [0, 0.1) is 15.6 Å². The van der Waals surface area contributed by atoms with Crippen molar-refractivity contribution in [2.24, 2.45) is 5.92 Å². The molecule has 0 aromatic carbocycles. The fourth-order valence-electron chi connectivity index (χ4n) is 1.36. The van der Waals surface area contributed by atoms with E-state index < -0.39 is 11.9 Å². The molecule has 2 rings (SSSR count). The van der Waals surface area contributed by atoms with Crippen molar-refractivity contribution in [3.63, 3.8) is 0 Å². The second-order valence-corrected chi connectivity index (χ2v) is 4.20. The number of H-pyrrole nitrogens is 2. The Hall–Kier alpha value is -1.81. The van der Waals surface area contributed by atoms with Crippen molar-refractivity contribution < 1.29 is 18.7 Å². The third kappa shape index (κ3) is 3.11. The highest BCUT2D eigenvalue weighted by molar-refractivity contribution is 7.71. The van der Waals surface area contributed by atoms with Gasteiger partial charge in [0.1, 0.15) is 0 Å². The zero-order valence-electron chi connectivity index (χ0n) is 8.87. The maximum atomic E-state index is 11.1. The molecule has 2 heterocycles. The van der Waals surface area contributed by atoms with Crippen LogP contribution in [0.3, 0.4) is 0 Å². The van der Waals surface area contributed by atoms with Crippen LogP contribution in [0.4, 0.5) is 0 Å². The molecule has 0 saturated heterocycles. The molecule has 2 aromatic heterocycles. The fourth-order valence-corrected chi connectivity index (χ4v) is 1.65. The number of rotatable bonds is 5. The first-order chi connectivity index (χ1) is 8.54. The summed E-state index contributed by atoms with van der Waals surface area (Å²) in [7, 11) is 0. The Bertz CT molecular complexity index is 604. The Balaban J connectivity index is 2.11. The topological polar surface area (TPSA) is 121 Å².